The van der Waals surface area contributed by atoms with Crippen LogP contribution >= 0.6 is 35.0 Å². The minimum atomic E-state index is 0.0560. The van der Waals surface area contributed by atoms with Crippen molar-refractivity contribution in [3.05, 3.63) is 27.7 Å². The molecule has 0 aliphatic carbocycles. The van der Waals surface area contributed by atoms with Gasteiger partial charge in [0, 0.05) is 35.5 Å². The number of hydrogen-bond acceptors (Lipinski definition) is 4. The van der Waals surface area contributed by atoms with Crippen molar-refractivity contribution in [2.24, 2.45) is 0 Å². The lowest BCUT2D eigenvalue weighted by Gasteiger charge is -2.17. The smallest absolute Gasteiger partial charge is 0.138 e. The van der Waals surface area contributed by atoms with Crippen LogP contribution in [-0.4, -0.2) is 34.9 Å². The standard InChI is InChI=1S/C12H17Cl2NO2S/c1-18-7-10(2-3-16)15-6-8-4-9(13)5-11(14)12(8)17/h4-5,10,15-17H,2-3,6-7H2,1H3. The van der Waals surface area contributed by atoms with Crippen LogP contribution in [-0.2, 0) is 6.54 Å². The van der Waals surface area contributed by atoms with Crippen molar-refractivity contribution < 1.29 is 10.2 Å². The first-order chi connectivity index (χ1) is 8.58. The monoisotopic (exact) mass is 309 g/mol. The van der Waals surface area contributed by atoms with E-state index in [4.69, 9.17) is 28.3 Å². The molecule has 0 saturated carbocycles. The Morgan fingerprint density at radius 1 is 1.39 bits per heavy atom. The van der Waals surface area contributed by atoms with Gasteiger partial charge in [-0.2, -0.15) is 11.8 Å². The van der Waals surface area contributed by atoms with E-state index in [-0.39, 0.29) is 23.4 Å². The minimum absolute atomic E-state index is 0.0560. The van der Waals surface area contributed by atoms with Gasteiger partial charge in [0.15, 0.2) is 0 Å². The van der Waals surface area contributed by atoms with E-state index < -0.39 is 0 Å². The van der Waals surface area contributed by atoms with E-state index in [1.54, 1.807) is 17.8 Å². The predicted molar refractivity (Wildman–Crippen MR) is 78.8 cm³/mol. The fourth-order valence-electron chi connectivity index (χ4n) is 1.61. The van der Waals surface area contributed by atoms with Crippen LogP contribution in [0.15, 0.2) is 12.1 Å². The van der Waals surface area contributed by atoms with Crippen LogP contribution in [0, 0.1) is 0 Å². The zero-order valence-electron chi connectivity index (χ0n) is 10.1. The Labute approximate surface area is 121 Å². The SMILES string of the molecule is CSCC(CCO)NCc1cc(Cl)cc(Cl)c1O. The fraction of sp³-hybridized carbons (Fsp3) is 0.500. The summed E-state index contributed by atoms with van der Waals surface area (Å²) in [5.74, 6) is 0.954. The molecule has 0 aromatic heterocycles. The summed E-state index contributed by atoms with van der Waals surface area (Å²) in [6.07, 6.45) is 2.69. The summed E-state index contributed by atoms with van der Waals surface area (Å²) in [4.78, 5) is 0. The van der Waals surface area contributed by atoms with E-state index in [0.29, 0.717) is 23.6 Å². The second kappa shape index (κ2) is 8.12. The number of aromatic hydroxyl groups is 1. The lowest BCUT2D eigenvalue weighted by molar-refractivity contribution is 0.269. The summed E-state index contributed by atoms with van der Waals surface area (Å²) in [7, 11) is 0. The molecule has 1 rings (SSSR count). The van der Waals surface area contributed by atoms with Crippen molar-refractivity contribution >= 4 is 35.0 Å². The molecule has 0 aliphatic rings. The molecule has 6 heteroatoms. The molecule has 1 aromatic carbocycles. The minimum Gasteiger partial charge on any atom is -0.506 e. The summed E-state index contributed by atoms with van der Waals surface area (Å²) in [6, 6.07) is 3.39. The number of phenolic OH excluding ortho intramolecular Hbond substituents is 1. The number of aliphatic hydroxyl groups excluding tert-OH is 1. The number of hydrogen-bond donors (Lipinski definition) is 3. The molecule has 1 aromatic rings. The highest BCUT2D eigenvalue weighted by molar-refractivity contribution is 7.98. The molecule has 0 amide bonds. The molecule has 0 fully saturated rings. The highest BCUT2D eigenvalue weighted by atomic mass is 35.5. The Morgan fingerprint density at radius 3 is 2.72 bits per heavy atom. The third-order valence-electron chi connectivity index (χ3n) is 2.53. The summed E-state index contributed by atoms with van der Waals surface area (Å²) < 4.78 is 0. The third kappa shape index (κ3) is 4.86. The van der Waals surface area contributed by atoms with Gasteiger partial charge in [-0.1, -0.05) is 23.2 Å². The van der Waals surface area contributed by atoms with Crippen LogP contribution in [0.2, 0.25) is 10.0 Å². The molecular weight excluding hydrogens is 293 g/mol. The quantitative estimate of drug-likeness (QED) is 0.725. The fourth-order valence-corrected chi connectivity index (χ4v) is 2.83. The summed E-state index contributed by atoms with van der Waals surface area (Å²) in [5, 5.41) is 22.8. The molecule has 3 N–H and O–H groups in total. The van der Waals surface area contributed by atoms with Gasteiger partial charge in [-0.3, -0.25) is 0 Å². The molecule has 0 spiro atoms. The number of aliphatic hydroxyl groups is 1. The number of thioether (sulfide) groups is 1. The molecule has 1 unspecified atom stereocenters. The second-order valence-corrected chi connectivity index (χ2v) is 5.70. The molecule has 0 saturated heterocycles. The lowest BCUT2D eigenvalue weighted by atomic mass is 10.1. The Morgan fingerprint density at radius 2 is 2.11 bits per heavy atom. The maximum Gasteiger partial charge on any atom is 0.138 e. The summed E-state index contributed by atoms with van der Waals surface area (Å²) in [5.41, 5.74) is 0.663. The molecule has 0 heterocycles. The van der Waals surface area contributed by atoms with Crippen molar-refractivity contribution in [3.8, 4) is 5.75 Å². The second-order valence-electron chi connectivity index (χ2n) is 3.94. The largest absolute Gasteiger partial charge is 0.506 e. The van der Waals surface area contributed by atoms with Crippen LogP contribution in [0.5, 0.6) is 5.75 Å². The van der Waals surface area contributed by atoms with E-state index in [2.05, 4.69) is 5.32 Å². The van der Waals surface area contributed by atoms with Gasteiger partial charge in [0.1, 0.15) is 5.75 Å². The molecule has 18 heavy (non-hydrogen) atoms. The first-order valence-corrected chi connectivity index (χ1v) is 7.73. The molecule has 0 bridgehead atoms. The number of phenols is 1. The van der Waals surface area contributed by atoms with Gasteiger partial charge in [0.2, 0.25) is 0 Å². The van der Waals surface area contributed by atoms with E-state index in [0.717, 1.165) is 5.75 Å². The first-order valence-electron chi connectivity index (χ1n) is 5.58. The molecular formula is C12H17Cl2NO2S. The van der Waals surface area contributed by atoms with Crippen LogP contribution in [0.3, 0.4) is 0 Å². The van der Waals surface area contributed by atoms with Crippen molar-refractivity contribution in [2.75, 3.05) is 18.6 Å². The Hall–Kier alpha value is -0.130. The highest BCUT2D eigenvalue weighted by Gasteiger charge is 2.11. The van der Waals surface area contributed by atoms with Crippen molar-refractivity contribution in [1.29, 1.82) is 0 Å². The predicted octanol–water partition coefficient (Wildman–Crippen LogP) is 2.90. The van der Waals surface area contributed by atoms with E-state index in [9.17, 15) is 5.11 Å². The molecule has 0 aliphatic heterocycles. The first kappa shape index (κ1) is 15.9. The summed E-state index contributed by atoms with van der Waals surface area (Å²) in [6.45, 7) is 0.609. The van der Waals surface area contributed by atoms with Gasteiger partial charge in [0.25, 0.3) is 0 Å². The normalized spacial score (nSPS) is 12.7. The average molecular weight is 310 g/mol. The van der Waals surface area contributed by atoms with Gasteiger partial charge < -0.3 is 15.5 Å². The van der Waals surface area contributed by atoms with Gasteiger partial charge in [-0.15, -0.1) is 0 Å². The van der Waals surface area contributed by atoms with Gasteiger partial charge >= 0.3 is 0 Å². The van der Waals surface area contributed by atoms with Crippen LogP contribution in [0.1, 0.15) is 12.0 Å². The lowest BCUT2D eigenvalue weighted by Crippen LogP contribution is -2.31. The van der Waals surface area contributed by atoms with E-state index >= 15 is 0 Å². The molecule has 102 valence electrons. The topological polar surface area (TPSA) is 52.5 Å². The molecule has 1 atom stereocenters. The highest BCUT2D eigenvalue weighted by Crippen LogP contribution is 2.31. The zero-order valence-corrected chi connectivity index (χ0v) is 12.4. The number of nitrogens with one attached hydrogen (secondary N) is 1. The van der Waals surface area contributed by atoms with E-state index in [1.807, 2.05) is 6.26 Å². The maximum absolute atomic E-state index is 9.81. The van der Waals surface area contributed by atoms with E-state index in [1.165, 1.54) is 6.07 Å². The molecule has 0 radical (unpaired) electrons. The average Bonchev–Trinajstić information content (AvgIpc) is 2.32. The Kier molecular flexibility index (Phi) is 7.19. The van der Waals surface area contributed by atoms with Crippen molar-refractivity contribution in [1.82, 2.24) is 5.32 Å². The van der Waals surface area contributed by atoms with Gasteiger partial charge in [0.05, 0.1) is 5.02 Å². The number of rotatable bonds is 7. The van der Waals surface area contributed by atoms with Crippen LogP contribution in [0.25, 0.3) is 0 Å². The Bertz CT molecular complexity index is 385. The maximum atomic E-state index is 9.81. The van der Waals surface area contributed by atoms with Crippen molar-refractivity contribution in [2.45, 2.75) is 19.0 Å². The van der Waals surface area contributed by atoms with Crippen LogP contribution < -0.4 is 5.32 Å². The van der Waals surface area contributed by atoms with Crippen LogP contribution in [0.4, 0.5) is 0 Å². The zero-order chi connectivity index (χ0) is 13.5. The summed E-state index contributed by atoms with van der Waals surface area (Å²) >= 11 is 13.4. The number of benzene rings is 1. The molecule has 3 nitrogen and oxygen atoms in total. The Balaban J connectivity index is 2.66. The van der Waals surface area contributed by atoms with Gasteiger partial charge in [-0.25, -0.2) is 0 Å². The van der Waals surface area contributed by atoms with Crippen molar-refractivity contribution in [3.63, 3.8) is 0 Å². The van der Waals surface area contributed by atoms with Gasteiger partial charge in [-0.05, 0) is 24.8 Å². The third-order valence-corrected chi connectivity index (χ3v) is 3.78. The number of halogens is 2.